The van der Waals surface area contributed by atoms with Crippen molar-refractivity contribution in [3.05, 3.63) is 29.3 Å². The van der Waals surface area contributed by atoms with Crippen LogP contribution in [-0.2, 0) is 4.74 Å². The first-order valence-corrected chi connectivity index (χ1v) is 6.67. The molecule has 0 amide bonds. The van der Waals surface area contributed by atoms with E-state index < -0.39 is 0 Å². The molecule has 1 fully saturated rings. The lowest BCUT2D eigenvalue weighted by Crippen LogP contribution is -2.25. The van der Waals surface area contributed by atoms with Crippen LogP contribution in [0.4, 0.5) is 5.69 Å². The van der Waals surface area contributed by atoms with E-state index in [-0.39, 0.29) is 0 Å². The van der Waals surface area contributed by atoms with Crippen LogP contribution >= 0.6 is 12.2 Å². The standard InChI is InChI=1S/C14H20N2OS/c1-10-4-3-5-12(14(15)18)13(10)16-7-6-11(8-16)9-17-2/h3-5,11H,6-9H2,1-2H3,(H2,15,18). The van der Waals surface area contributed by atoms with E-state index in [1.165, 1.54) is 17.7 Å². The molecule has 98 valence electrons. The lowest BCUT2D eigenvalue weighted by Gasteiger charge is -2.24. The van der Waals surface area contributed by atoms with Crippen LogP contribution in [0.15, 0.2) is 18.2 Å². The molecule has 1 aliphatic rings. The van der Waals surface area contributed by atoms with Crippen molar-refractivity contribution in [2.75, 3.05) is 31.7 Å². The second-order valence-electron chi connectivity index (χ2n) is 4.89. The first-order valence-electron chi connectivity index (χ1n) is 6.26. The normalized spacial score (nSPS) is 19.2. The number of anilines is 1. The lowest BCUT2D eigenvalue weighted by molar-refractivity contribution is 0.161. The fourth-order valence-electron chi connectivity index (χ4n) is 2.69. The molecule has 18 heavy (non-hydrogen) atoms. The lowest BCUT2D eigenvalue weighted by atomic mass is 10.1. The summed E-state index contributed by atoms with van der Waals surface area (Å²) in [7, 11) is 1.76. The Bertz CT molecular complexity index is 447. The Balaban J connectivity index is 2.26. The minimum absolute atomic E-state index is 0.476. The Kier molecular flexibility index (Phi) is 4.19. The fraction of sp³-hybridized carbons (Fsp3) is 0.500. The zero-order valence-electron chi connectivity index (χ0n) is 11.0. The van der Waals surface area contributed by atoms with Crippen molar-refractivity contribution < 1.29 is 4.74 Å². The number of thiocarbonyl (C=S) groups is 1. The highest BCUT2D eigenvalue weighted by atomic mass is 32.1. The molecule has 1 aliphatic heterocycles. The highest BCUT2D eigenvalue weighted by molar-refractivity contribution is 7.80. The average molecular weight is 264 g/mol. The first-order chi connectivity index (χ1) is 8.63. The molecule has 0 aliphatic carbocycles. The second kappa shape index (κ2) is 5.67. The fourth-order valence-corrected chi connectivity index (χ4v) is 2.85. The van der Waals surface area contributed by atoms with Crippen LogP contribution in [0.3, 0.4) is 0 Å². The van der Waals surface area contributed by atoms with Gasteiger partial charge in [0.05, 0.1) is 6.61 Å². The molecule has 0 saturated carbocycles. The molecule has 1 saturated heterocycles. The van der Waals surface area contributed by atoms with Crippen molar-refractivity contribution in [1.82, 2.24) is 0 Å². The van der Waals surface area contributed by atoms with Crippen LogP contribution < -0.4 is 10.6 Å². The molecule has 2 rings (SSSR count). The van der Waals surface area contributed by atoms with Gasteiger partial charge in [0.15, 0.2) is 0 Å². The van der Waals surface area contributed by atoms with Gasteiger partial charge in [-0.05, 0) is 25.0 Å². The van der Waals surface area contributed by atoms with Gasteiger partial charge in [-0.1, -0.05) is 24.4 Å². The van der Waals surface area contributed by atoms with Gasteiger partial charge in [-0.15, -0.1) is 0 Å². The maximum absolute atomic E-state index is 5.82. The van der Waals surface area contributed by atoms with Gasteiger partial charge in [-0.2, -0.15) is 0 Å². The van der Waals surface area contributed by atoms with Gasteiger partial charge in [0.2, 0.25) is 0 Å². The summed E-state index contributed by atoms with van der Waals surface area (Å²) >= 11 is 5.15. The van der Waals surface area contributed by atoms with Crippen molar-refractivity contribution in [2.24, 2.45) is 11.7 Å². The summed E-state index contributed by atoms with van der Waals surface area (Å²) in [5.41, 5.74) is 9.25. The van der Waals surface area contributed by atoms with E-state index in [0.29, 0.717) is 10.9 Å². The number of aryl methyl sites for hydroxylation is 1. The highest BCUT2D eigenvalue weighted by Crippen LogP contribution is 2.30. The predicted molar refractivity (Wildman–Crippen MR) is 79.3 cm³/mol. The number of para-hydroxylation sites is 1. The summed E-state index contributed by atoms with van der Waals surface area (Å²) in [6.45, 7) is 5.01. The van der Waals surface area contributed by atoms with E-state index in [4.69, 9.17) is 22.7 Å². The van der Waals surface area contributed by atoms with Gasteiger partial charge < -0.3 is 15.4 Å². The zero-order chi connectivity index (χ0) is 13.1. The minimum Gasteiger partial charge on any atom is -0.389 e. The van der Waals surface area contributed by atoms with Gasteiger partial charge in [-0.25, -0.2) is 0 Å². The molecule has 0 aromatic heterocycles. The maximum atomic E-state index is 5.82. The third-order valence-electron chi connectivity index (χ3n) is 3.51. The summed E-state index contributed by atoms with van der Waals surface area (Å²) in [6.07, 6.45) is 1.17. The van der Waals surface area contributed by atoms with Gasteiger partial charge in [0, 0.05) is 37.4 Å². The van der Waals surface area contributed by atoms with E-state index in [0.717, 1.165) is 25.3 Å². The van der Waals surface area contributed by atoms with Crippen LogP contribution in [0.25, 0.3) is 0 Å². The summed E-state index contributed by atoms with van der Waals surface area (Å²) in [5, 5.41) is 0. The molecular weight excluding hydrogens is 244 g/mol. The Morgan fingerprint density at radius 2 is 2.33 bits per heavy atom. The quantitative estimate of drug-likeness (QED) is 0.845. The Morgan fingerprint density at radius 3 is 3.00 bits per heavy atom. The van der Waals surface area contributed by atoms with E-state index in [2.05, 4.69) is 17.9 Å². The molecule has 0 radical (unpaired) electrons. The van der Waals surface area contributed by atoms with Crippen molar-refractivity contribution in [2.45, 2.75) is 13.3 Å². The molecule has 1 atom stereocenters. The number of nitrogens with zero attached hydrogens (tertiary/aromatic N) is 1. The van der Waals surface area contributed by atoms with Crippen LogP contribution in [0, 0.1) is 12.8 Å². The minimum atomic E-state index is 0.476. The van der Waals surface area contributed by atoms with Crippen LogP contribution in [-0.4, -0.2) is 31.8 Å². The number of ether oxygens (including phenoxy) is 1. The van der Waals surface area contributed by atoms with E-state index in [1.807, 2.05) is 12.1 Å². The van der Waals surface area contributed by atoms with Crippen molar-refractivity contribution in [1.29, 1.82) is 0 Å². The van der Waals surface area contributed by atoms with Crippen LogP contribution in [0.2, 0.25) is 0 Å². The molecule has 1 aromatic rings. The summed E-state index contributed by atoms with van der Waals surface area (Å²) in [6, 6.07) is 6.13. The van der Waals surface area contributed by atoms with Gasteiger partial charge in [0.25, 0.3) is 0 Å². The summed E-state index contributed by atoms with van der Waals surface area (Å²) in [5.74, 6) is 0.605. The molecule has 1 aromatic carbocycles. The topological polar surface area (TPSA) is 38.5 Å². The van der Waals surface area contributed by atoms with E-state index in [9.17, 15) is 0 Å². The van der Waals surface area contributed by atoms with Crippen molar-refractivity contribution in [3.8, 4) is 0 Å². The monoisotopic (exact) mass is 264 g/mol. The Labute approximate surface area is 114 Å². The van der Waals surface area contributed by atoms with Crippen LogP contribution in [0.5, 0.6) is 0 Å². The van der Waals surface area contributed by atoms with Crippen molar-refractivity contribution in [3.63, 3.8) is 0 Å². The number of benzene rings is 1. The van der Waals surface area contributed by atoms with Gasteiger partial charge in [-0.3, -0.25) is 0 Å². The maximum Gasteiger partial charge on any atom is 0.106 e. The number of nitrogens with two attached hydrogens (primary N) is 1. The highest BCUT2D eigenvalue weighted by Gasteiger charge is 2.25. The van der Waals surface area contributed by atoms with Gasteiger partial charge >= 0.3 is 0 Å². The Morgan fingerprint density at radius 1 is 1.56 bits per heavy atom. The van der Waals surface area contributed by atoms with Crippen molar-refractivity contribution >= 4 is 22.9 Å². The molecular formula is C14H20N2OS. The molecule has 3 nitrogen and oxygen atoms in total. The Hall–Kier alpha value is -1.13. The zero-order valence-corrected chi connectivity index (χ0v) is 11.8. The average Bonchev–Trinajstić information content (AvgIpc) is 2.77. The number of hydrogen-bond donors (Lipinski definition) is 1. The molecule has 0 spiro atoms. The molecule has 2 N–H and O–H groups in total. The van der Waals surface area contributed by atoms with E-state index >= 15 is 0 Å². The molecule has 0 bridgehead atoms. The SMILES string of the molecule is COCC1CCN(c2c(C)cccc2C(N)=S)C1. The molecule has 4 heteroatoms. The second-order valence-corrected chi connectivity index (χ2v) is 5.33. The third-order valence-corrected chi connectivity index (χ3v) is 3.73. The number of methoxy groups -OCH3 is 1. The van der Waals surface area contributed by atoms with Crippen LogP contribution in [0.1, 0.15) is 17.5 Å². The number of hydrogen-bond acceptors (Lipinski definition) is 3. The molecule has 1 unspecified atom stereocenters. The third kappa shape index (κ3) is 2.65. The largest absolute Gasteiger partial charge is 0.389 e. The predicted octanol–water partition coefficient (Wildman–Crippen LogP) is 2.10. The smallest absolute Gasteiger partial charge is 0.106 e. The molecule has 1 heterocycles. The first kappa shape index (κ1) is 13.3. The summed E-state index contributed by atoms with van der Waals surface area (Å²) in [4.78, 5) is 2.86. The number of rotatable bonds is 4. The summed E-state index contributed by atoms with van der Waals surface area (Å²) < 4.78 is 5.24. The van der Waals surface area contributed by atoms with Gasteiger partial charge in [0.1, 0.15) is 4.99 Å². The van der Waals surface area contributed by atoms with E-state index in [1.54, 1.807) is 7.11 Å².